The minimum Gasteiger partial charge on any atom is -0.481 e. The Morgan fingerprint density at radius 3 is 2.79 bits per heavy atom. The van der Waals surface area contributed by atoms with Gasteiger partial charge in [-0.3, -0.25) is 9.78 Å². The summed E-state index contributed by atoms with van der Waals surface area (Å²) in [5.41, 5.74) is 1.69. The van der Waals surface area contributed by atoms with E-state index in [1.807, 2.05) is 36.1 Å². The van der Waals surface area contributed by atoms with Crippen LogP contribution in [0.1, 0.15) is 13.3 Å². The van der Waals surface area contributed by atoms with Crippen LogP contribution < -0.4 is 4.90 Å². The lowest BCUT2D eigenvalue weighted by atomic mass is 10.0. The van der Waals surface area contributed by atoms with Crippen molar-refractivity contribution < 1.29 is 9.90 Å². The highest BCUT2D eigenvalue weighted by molar-refractivity contribution is 5.76. The second-order valence-electron chi connectivity index (χ2n) is 4.88. The van der Waals surface area contributed by atoms with Crippen LogP contribution in [-0.2, 0) is 4.79 Å². The highest BCUT2D eigenvalue weighted by Gasteiger charge is 2.36. The van der Waals surface area contributed by atoms with E-state index in [0.29, 0.717) is 13.0 Å². The van der Waals surface area contributed by atoms with Crippen molar-refractivity contribution in [2.45, 2.75) is 19.4 Å². The van der Waals surface area contributed by atoms with Gasteiger partial charge in [-0.15, -0.1) is 0 Å². The summed E-state index contributed by atoms with van der Waals surface area (Å²) >= 11 is 0. The Bertz CT molecular complexity index is 629. The van der Waals surface area contributed by atoms with E-state index in [1.54, 1.807) is 6.20 Å². The smallest absolute Gasteiger partial charge is 0.308 e. The lowest BCUT2D eigenvalue weighted by molar-refractivity contribution is -0.141. The molecule has 1 N–H and O–H groups in total. The molecule has 1 aliphatic heterocycles. The van der Waals surface area contributed by atoms with E-state index in [0.717, 1.165) is 16.9 Å². The molecule has 2 unspecified atom stereocenters. The number of nitrogens with zero attached hydrogens (tertiary/aromatic N) is 3. The first-order valence-corrected chi connectivity index (χ1v) is 6.38. The molecule has 0 spiro atoms. The van der Waals surface area contributed by atoms with Crippen molar-refractivity contribution in [2.24, 2.45) is 5.92 Å². The Hall–Kier alpha value is -2.17. The molecule has 3 rings (SSSR count). The van der Waals surface area contributed by atoms with Crippen LogP contribution in [0.4, 0.5) is 5.82 Å². The topological polar surface area (TPSA) is 66.3 Å². The molecular weight excluding hydrogens is 242 g/mol. The summed E-state index contributed by atoms with van der Waals surface area (Å²) in [5.74, 6) is -0.299. The van der Waals surface area contributed by atoms with E-state index < -0.39 is 5.97 Å². The zero-order valence-electron chi connectivity index (χ0n) is 10.7. The van der Waals surface area contributed by atoms with Crippen LogP contribution in [-0.4, -0.2) is 33.6 Å². The average molecular weight is 257 g/mol. The molecular formula is C14H15N3O2. The van der Waals surface area contributed by atoms with E-state index in [-0.39, 0.29) is 12.0 Å². The Labute approximate surface area is 110 Å². The van der Waals surface area contributed by atoms with Gasteiger partial charge in [-0.25, -0.2) is 4.98 Å². The molecule has 5 nitrogen and oxygen atoms in total. The Kier molecular flexibility index (Phi) is 2.81. The Morgan fingerprint density at radius 1 is 1.37 bits per heavy atom. The van der Waals surface area contributed by atoms with Gasteiger partial charge in [0.05, 0.1) is 23.1 Å². The third kappa shape index (κ3) is 2.01. The van der Waals surface area contributed by atoms with Crippen molar-refractivity contribution in [1.29, 1.82) is 0 Å². The van der Waals surface area contributed by atoms with Gasteiger partial charge in [0.15, 0.2) is 0 Å². The predicted octanol–water partition coefficient (Wildman–Crippen LogP) is 1.93. The van der Waals surface area contributed by atoms with E-state index in [1.165, 1.54) is 0 Å². The lowest BCUT2D eigenvalue weighted by Crippen LogP contribution is -2.33. The second-order valence-corrected chi connectivity index (χ2v) is 4.88. The third-order valence-corrected chi connectivity index (χ3v) is 3.80. The summed E-state index contributed by atoms with van der Waals surface area (Å²) < 4.78 is 0. The predicted molar refractivity (Wildman–Crippen MR) is 72.1 cm³/mol. The normalized spacial score (nSPS) is 22.9. The first-order valence-electron chi connectivity index (χ1n) is 6.38. The molecule has 0 bridgehead atoms. The maximum absolute atomic E-state index is 11.1. The summed E-state index contributed by atoms with van der Waals surface area (Å²) in [4.78, 5) is 22.1. The molecule has 1 aliphatic rings. The molecule has 1 saturated heterocycles. The van der Waals surface area contributed by atoms with Gasteiger partial charge in [0.1, 0.15) is 5.82 Å². The quantitative estimate of drug-likeness (QED) is 0.890. The van der Waals surface area contributed by atoms with Crippen molar-refractivity contribution >= 4 is 22.8 Å². The molecule has 2 atom stereocenters. The van der Waals surface area contributed by atoms with E-state index in [4.69, 9.17) is 5.11 Å². The molecule has 5 heteroatoms. The Morgan fingerprint density at radius 2 is 2.11 bits per heavy atom. The second kappa shape index (κ2) is 4.50. The molecule has 0 amide bonds. The first kappa shape index (κ1) is 11.9. The first-order chi connectivity index (χ1) is 9.16. The maximum Gasteiger partial charge on any atom is 0.308 e. The number of benzene rings is 1. The standard InChI is InChI=1S/C14H15N3O2/c1-9-10(14(18)19)6-7-17(9)13-8-15-11-4-2-3-5-12(11)16-13/h2-5,8-10H,6-7H2,1H3,(H,18,19). The molecule has 98 valence electrons. The van der Waals surface area contributed by atoms with Gasteiger partial charge >= 0.3 is 5.97 Å². The summed E-state index contributed by atoms with van der Waals surface area (Å²) in [6, 6.07) is 7.64. The summed E-state index contributed by atoms with van der Waals surface area (Å²) in [6.45, 7) is 2.65. The molecule has 1 aromatic heterocycles. The van der Waals surface area contributed by atoms with E-state index >= 15 is 0 Å². The van der Waals surface area contributed by atoms with Gasteiger partial charge in [0.2, 0.25) is 0 Å². The minimum absolute atomic E-state index is 0.0482. The maximum atomic E-state index is 11.1. The number of rotatable bonds is 2. The van der Waals surface area contributed by atoms with Gasteiger partial charge in [-0.2, -0.15) is 0 Å². The SMILES string of the molecule is CC1C(C(=O)O)CCN1c1cnc2ccccc2n1. The fourth-order valence-corrected chi connectivity index (χ4v) is 2.68. The highest BCUT2D eigenvalue weighted by atomic mass is 16.4. The largest absolute Gasteiger partial charge is 0.481 e. The van der Waals surface area contributed by atoms with Gasteiger partial charge in [-0.1, -0.05) is 12.1 Å². The number of fused-ring (bicyclic) bond motifs is 1. The number of para-hydroxylation sites is 2. The van der Waals surface area contributed by atoms with Crippen LogP contribution in [0.3, 0.4) is 0 Å². The van der Waals surface area contributed by atoms with Gasteiger partial charge in [-0.05, 0) is 25.5 Å². The number of aromatic nitrogens is 2. The molecule has 1 aromatic carbocycles. The van der Waals surface area contributed by atoms with Crippen LogP contribution in [0.25, 0.3) is 11.0 Å². The van der Waals surface area contributed by atoms with Crippen LogP contribution in [0.5, 0.6) is 0 Å². The van der Waals surface area contributed by atoms with Crippen LogP contribution in [0.2, 0.25) is 0 Å². The van der Waals surface area contributed by atoms with Crippen molar-refractivity contribution in [3.05, 3.63) is 30.5 Å². The van der Waals surface area contributed by atoms with E-state index in [2.05, 4.69) is 9.97 Å². The van der Waals surface area contributed by atoms with Crippen molar-refractivity contribution in [1.82, 2.24) is 9.97 Å². The molecule has 0 radical (unpaired) electrons. The van der Waals surface area contributed by atoms with Crippen molar-refractivity contribution in [3.8, 4) is 0 Å². The number of hydrogen-bond donors (Lipinski definition) is 1. The molecule has 2 aromatic rings. The van der Waals surface area contributed by atoms with Gasteiger partial charge in [0.25, 0.3) is 0 Å². The highest BCUT2D eigenvalue weighted by Crippen LogP contribution is 2.29. The van der Waals surface area contributed by atoms with Crippen LogP contribution in [0, 0.1) is 5.92 Å². The Balaban J connectivity index is 1.94. The number of carboxylic acid groups (broad SMARTS) is 1. The zero-order valence-corrected chi connectivity index (χ0v) is 10.7. The minimum atomic E-state index is -0.733. The monoisotopic (exact) mass is 257 g/mol. The van der Waals surface area contributed by atoms with Crippen LogP contribution in [0.15, 0.2) is 30.5 Å². The summed E-state index contributed by atoms with van der Waals surface area (Å²) in [5, 5.41) is 9.16. The van der Waals surface area contributed by atoms with Crippen LogP contribution >= 0.6 is 0 Å². The van der Waals surface area contributed by atoms with Gasteiger partial charge < -0.3 is 10.0 Å². The fraction of sp³-hybridized carbons (Fsp3) is 0.357. The lowest BCUT2D eigenvalue weighted by Gasteiger charge is -2.24. The van der Waals surface area contributed by atoms with Crippen molar-refractivity contribution in [2.75, 3.05) is 11.4 Å². The fourth-order valence-electron chi connectivity index (χ4n) is 2.68. The summed E-state index contributed by atoms with van der Waals surface area (Å²) in [7, 11) is 0. The van der Waals surface area contributed by atoms with Gasteiger partial charge in [0, 0.05) is 12.6 Å². The zero-order chi connectivity index (χ0) is 13.4. The molecule has 0 saturated carbocycles. The van der Waals surface area contributed by atoms with Crippen molar-refractivity contribution in [3.63, 3.8) is 0 Å². The average Bonchev–Trinajstić information content (AvgIpc) is 2.80. The molecule has 1 fully saturated rings. The molecule has 19 heavy (non-hydrogen) atoms. The van der Waals surface area contributed by atoms with E-state index in [9.17, 15) is 4.79 Å². The molecule has 0 aliphatic carbocycles. The third-order valence-electron chi connectivity index (χ3n) is 3.80. The number of carboxylic acids is 1. The number of carbonyl (C=O) groups is 1. The number of aliphatic carboxylic acids is 1. The number of hydrogen-bond acceptors (Lipinski definition) is 4. The molecule has 2 heterocycles. The number of anilines is 1. The summed E-state index contributed by atoms with van der Waals surface area (Å²) in [6.07, 6.45) is 2.38.